The molecule has 0 aromatic carbocycles. The molecule has 1 rings (SSSR count). The minimum absolute atomic E-state index is 0.111. The molecule has 88 valence electrons. The van der Waals surface area contributed by atoms with Gasteiger partial charge in [0.15, 0.2) is 0 Å². The summed E-state index contributed by atoms with van der Waals surface area (Å²) in [6, 6.07) is 0. The SMILES string of the molecule is COC(=O)CCCNCC1(SC)CCC1. The van der Waals surface area contributed by atoms with Crippen molar-refractivity contribution in [2.24, 2.45) is 0 Å². The molecular formula is C11H21NO2S. The van der Waals surface area contributed by atoms with Crippen LogP contribution in [0.2, 0.25) is 0 Å². The van der Waals surface area contributed by atoms with Crippen molar-refractivity contribution >= 4 is 17.7 Å². The van der Waals surface area contributed by atoms with Gasteiger partial charge in [-0.1, -0.05) is 6.42 Å². The first-order valence-corrected chi connectivity index (χ1v) is 6.77. The van der Waals surface area contributed by atoms with E-state index >= 15 is 0 Å². The second-order valence-corrected chi connectivity index (χ2v) is 5.37. The van der Waals surface area contributed by atoms with Crippen molar-refractivity contribution in [3.05, 3.63) is 0 Å². The fraction of sp³-hybridized carbons (Fsp3) is 0.909. The summed E-state index contributed by atoms with van der Waals surface area (Å²) < 4.78 is 5.07. The zero-order valence-electron chi connectivity index (χ0n) is 9.67. The molecule has 1 N–H and O–H groups in total. The third-order valence-corrected chi connectivity index (χ3v) is 4.53. The number of ether oxygens (including phenoxy) is 1. The van der Waals surface area contributed by atoms with Gasteiger partial charge < -0.3 is 10.1 Å². The Morgan fingerprint density at radius 3 is 2.73 bits per heavy atom. The highest BCUT2D eigenvalue weighted by molar-refractivity contribution is 8.00. The predicted molar refractivity (Wildman–Crippen MR) is 64.2 cm³/mol. The van der Waals surface area contributed by atoms with Crippen molar-refractivity contribution in [2.45, 2.75) is 36.9 Å². The number of methoxy groups -OCH3 is 1. The third-order valence-electron chi connectivity index (χ3n) is 3.11. The van der Waals surface area contributed by atoms with E-state index in [1.165, 1.54) is 26.4 Å². The molecule has 0 amide bonds. The van der Waals surface area contributed by atoms with Crippen LogP contribution in [-0.4, -0.2) is 37.2 Å². The fourth-order valence-corrected chi connectivity index (χ4v) is 2.74. The minimum Gasteiger partial charge on any atom is -0.469 e. The standard InChI is InChI=1S/C11H21NO2S/c1-14-10(13)5-3-8-12-9-11(15-2)6-4-7-11/h12H,3-9H2,1-2H3. The van der Waals surface area contributed by atoms with E-state index in [-0.39, 0.29) is 5.97 Å². The first-order chi connectivity index (χ1) is 7.22. The number of carbonyl (C=O) groups is 1. The maximum absolute atomic E-state index is 10.8. The van der Waals surface area contributed by atoms with Crippen molar-refractivity contribution in [3.63, 3.8) is 0 Å². The first kappa shape index (κ1) is 12.8. The fourth-order valence-electron chi connectivity index (χ4n) is 1.80. The Balaban J connectivity index is 1.99. The zero-order valence-corrected chi connectivity index (χ0v) is 10.5. The van der Waals surface area contributed by atoms with Crippen LogP contribution in [0, 0.1) is 0 Å². The quantitative estimate of drug-likeness (QED) is 0.536. The molecule has 0 aliphatic heterocycles. The Bertz CT molecular complexity index is 199. The average molecular weight is 231 g/mol. The topological polar surface area (TPSA) is 38.3 Å². The molecule has 0 aromatic rings. The van der Waals surface area contributed by atoms with E-state index in [1.54, 1.807) is 0 Å². The van der Waals surface area contributed by atoms with Crippen molar-refractivity contribution in [3.8, 4) is 0 Å². The second kappa shape index (κ2) is 6.38. The average Bonchev–Trinajstić information content (AvgIpc) is 2.20. The lowest BCUT2D eigenvalue weighted by Crippen LogP contribution is -2.43. The summed E-state index contributed by atoms with van der Waals surface area (Å²) in [6.45, 7) is 1.99. The van der Waals surface area contributed by atoms with Gasteiger partial charge in [0.2, 0.25) is 0 Å². The molecule has 0 bridgehead atoms. The van der Waals surface area contributed by atoms with E-state index in [2.05, 4.69) is 16.3 Å². The first-order valence-electron chi connectivity index (χ1n) is 5.55. The van der Waals surface area contributed by atoms with Crippen molar-refractivity contribution in [1.82, 2.24) is 5.32 Å². The molecule has 3 nitrogen and oxygen atoms in total. The zero-order chi connectivity index (χ0) is 11.1. The second-order valence-electron chi connectivity index (χ2n) is 4.10. The van der Waals surface area contributed by atoms with Gasteiger partial charge in [-0.25, -0.2) is 0 Å². The Morgan fingerprint density at radius 2 is 2.27 bits per heavy atom. The largest absolute Gasteiger partial charge is 0.469 e. The van der Waals surface area contributed by atoms with E-state index in [0.717, 1.165) is 19.5 Å². The summed E-state index contributed by atoms with van der Waals surface area (Å²) in [5, 5.41) is 3.43. The van der Waals surface area contributed by atoms with Crippen LogP contribution >= 0.6 is 11.8 Å². The Morgan fingerprint density at radius 1 is 1.53 bits per heavy atom. The van der Waals surface area contributed by atoms with Crippen LogP contribution in [0.15, 0.2) is 0 Å². The highest BCUT2D eigenvalue weighted by atomic mass is 32.2. The molecule has 0 saturated heterocycles. The molecule has 4 heteroatoms. The number of rotatable bonds is 7. The summed E-state index contributed by atoms with van der Waals surface area (Å²) in [7, 11) is 1.44. The number of esters is 1. The van der Waals surface area contributed by atoms with Gasteiger partial charge in [0.25, 0.3) is 0 Å². The van der Waals surface area contributed by atoms with Gasteiger partial charge in [-0.2, -0.15) is 11.8 Å². The van der Waals surface area contributed by atoms with Crippen LogP contribution in [0.25, 0.3) is 0 Å². The van der Waals surface area contributed by atoms with Gasteiger partial charge in [-0.05, 0) is 32.1 Å². The molecular weight excluding hydrogens is 210 g/mol. The van der Waals surface area contributed by atoms with Gasteiger partial charge in [0.1, 0.15) is 0 Å². The molecule has 0 atom stereocenters. The summed E-state index contributed by atoms with van der Waals surface area (Å²) in [4.78, 5) is 10.8. The molecule has 0 heterocycles. The molecule has 0 spiro atoms. The van der Waals surface area contributed by atoms with E-state index in [0.29, 0.717) is 11.2 Å². The predicted octanol–water partition coefficient (Wildman–Crippen LogP) is 1.81. The van der Waals surface area contributed by atoms with Crippen LogP contribution < -0.4 is 5.32 Å². The van der Waals surface area contributed by atoms with E-state index in [9.17, 15) is 4.79 Å². The van der Waals surface area contributed by atoms with Gasteiger partial charge in [-0.3, -0.25) is 4.79 Å². The van der Waals surface area contributed by atoms with Crippen molar-refractivity contribution in [2.75, 3.05) is 26.5 Å². The number of nitrogens with one attached hydrogen (secondary N) is 1. The smallest absolute Gasteiger partial charge is 0.305 e. The molecule has 0 radical (unpaired) electrons. The number of carbonyl (C=O) groups excluding carboxylic acids is 1. The number of thioether (sulfide) groups is 1. The monoisotopic (exact) mass is 231 g/mol. The maximum atomic E-state index is 10.8. The summed E-state index contributed by atoms with van der Waals surface area (Å²) in [6.07, 6.45) is 7.61. The number of hydrogen-bond donors (Lipinski definition) is 1. The molecule has 1 aliphatic rings. The third kappa shape index (κ3) is 4.03. The van der Waals surface area contributed by atoms with Crippen LogP contribution in [0.3, 0.4) is 0 Å². The molecule has 0 aromatic heterocycles. The summed E-state index contributed by atoms with van der Waals surface area (Å²) in [5.74, 6) is -0.111. The van der Waals surface area contributed by atoms with Crippen LogP contribution in [0.5, 0.6) is 0 Å². The molecule has 1 fully saturated rings. The maximum Gasteiger partial charge on any atom is 0.305 e. The van der Waals surface area contributed by atoms with E-state index < -0.39 is 0 Å². The van der Waals surface area contributed by atoms with Crippen molar-refractivity contribution in [1.29, 1.82) is 0 Å². The molecule has 0 unspecified atom stereocenters. The summed E-state index contributed by atoms with van der Waals surface area (Å²) >= 11 is 1.97. The van der Waals surface area contributed by atoms with Crippen LogP contribution in [-0.2, 0) is 9.53 Å². The molecule has 15 heavy (non-hydrogen) atoms. The van der Waals surface area contributed by atoms with Crippen LogP contribution in [0.1, 0.15) is 32.1 Å². The van der Waals surface area contributed by atoms with Crippen LogP contribution in [0.4, 0.5) is 0 Å². The minimum atomic E-state index is -0.111. The normalized spacial score (nSPS) is 18.3. The van der Waals surface area contributed by atoms with Crippen molar-refractivity contribution < 1.29 is 9.53 Å². The van der Waals surface area contributed by atoms with Gasteiger partial charge in [-0.15, -0.1) is 0 Å². The Labute approximate surface area is 96.3 Å². The lowest BCUT2D eigenvalue weighted by Gasteiger charge is -2.40. The molecule has 1 aliphatic carbocycles. The lowest BCUT2D eigenvalue weighted by molar-refractivity contribution is -0.140. The van der Waals surface area contributed by atoms with Gasteiger partial charge >= 0.3 is 5.97 Å². The number of hydrogen-bond acceptors (Lipinski definition) is 4. The van der Waals surface area contributed by atoms with E-state index in [1.807, 2.05) is 11.8 Å². The van der Waals surface area contributed by atoms with Gasteiger partial charge in [0.05, 0.1) is 7.11 Å². The highest BCUT2D eigenvalue weighted by Gasteiger charge is 2.35. The lowest BCUT2D eigenvalue weighted by atomic mass is 9.84. The highest BCUT2D eigenvalue weighted by Crippen LogP contribution is 2.42. The Hall–Kier alpha value is -0.220. The van der Waals surface area contributed by atoms with E-state index in [4.69, 9.17) is 0 Å². The summed E-state index contributed by atoms with van der Waals surface area (Å²) in [5.41, 5.74) is 0. The Kier molecular flexibility index (Phi) is 5.47. The van der Waals surface area contributed by atoms with Gasteiger partial charge in [0, 0.05) is 17.7 Å². The molecule has 1 saturated carbocycles.